The van der Waals surface area contributed by atoms with Gasteiger partial charge in [-0.3, -0.25) is 14.9 Å². The number of amides is 1. The summed E-state index contributed by atoms with van der Waals surface area (Å²) in [6.07, 6.45) is 0.756. The summed E-state index contributed by atoms with van der Waals surface area (Å²) >= 11 is 0. The Balaban J connectivity index is 1.78. The number of rotatable bonds is 3. The lowest BCUT2D eigenvalue weighted by Gasteiger charge is -2.17. The number of nitrogens with two attached hydrogens (primary N) is 1. The maximum atomic E-state index is 13.0. The molecule has 7 heteroatoms. The van der Waals surface area contributed by atoms with Gasteiger partial charge >= 0.3 is 0 Å². The van der Waals surface area contributed by atoms with E-state index in [2.05, 4.69) is 0 Å². The number of nitrogen functional groups attached to an aromatic ring is 1. The predicted molar refractivity (Wildman–Crippen MR) is 87.2 cm³/mol. The van der Waals surface area contributed by atoms with Crippen LogP contribution in [0, 0.1) is 15.9 Å². The number of halogens is 1. The van der Waals surface area contributed by atoms with Crippen LogP contribution >= 0.6 is 0 Å². The topological polar surface area (TPSA) is 89.5 Å². The van der Waals surface area contributed by atoms with Crippen molar-refractivity contribution in [2.24, 2.45) is 0 Å². The summed E-state index contributed by atoms with van der Waals surface area (Å²) in [5, 5.41) is 10.9. The van der Waals surface area contributed by atoms with Gasteiger partial charge in [-0.15, -0.1) is 0 Å². The van der Waals surface area contributed by atoms with Crippen molar-refractivity contribution in [2.45, 2.75) is 12.3 Å². The number of nitro benzene ring substituents is 1. The van der Waals surface area contributed by atoms with Crippen molar-refractivity contribution >= 4 is 17.3 Å². The van der Waals surface area contributed by atoms with Crippen LogP contribution in [0.1, 0.15) is 28.3 Å². The van der Waals surface area contributed by atoms with E-state index in [1.807, 2.05) is 0 Å². The average molecular weight is 329 g/mol. The van der Waals surface area contributed by atoms with Crippen LogP contribution in [-0.4, -0.2) is 28.8 Å². The van der Waals surface area contributed by atoms with E-state index in [1.54, 1.807) is 17.0 Å². The molecule has 2 aromatic carbocycles. The minimum Gasteiger partial charge on any atom is -0.398 e. The lowest BCUT2D eigenvalue weighted by molar-refractivity contribution is -0.384. The number of nitrogens with zero attached hydrogens (tertiary/aromatic N) is 2. The minimum atomic E-state index is -0.554. The van der Waals surface area contributed by atoms with Gasteiger partial charge in [0.05, 0.1) is 10.5 Å². The molecule has 0 aromatic heterocycles. The molecule has 1 fully saturated rings. The molecular formula is C17H16FN3O3. The van der Waals surface area contributed by atoms with Gasteiger partial charge < -0.3 is 10.6 Å². The second kappa shape index (κ2) is 6.27. The Morgan fingerprint density at radius 1 is 1.25 bits per heavy atom. The fourth-order valence-corrected chi connectivity index (χ4v) is 2.97. The van der Waals surface area contributed by atoms with E-state index in [1.165, 1.54) is 30.3 Å². The first kappa shape index (κ1) is 15.9. The molecule has 0 spiro atoms. The Kier molecular flexibility index (Phi) is 4.16. The van der Waals surface area contributed by atoms with E-state index in [4.69, 9.17) is 5.73 Å². The summed E-state index contributed by atoms with van der Waals surface area (Å²) in [6.45, 7) is 1.01. The molecule has 3 rings (SSSR count). The Morgan fingerprint density at radius 2 is 1.96 bits per heavy atom. The van der Waals surface area contributed by atoms with Gasteiger partial charge in [0, 0.05) is 36.8 Å². The van der Waals surface area contributed by atoms with Crippen molar-refractivity contribution < 1.29 is 14.1 Å². The fraction of sp³-hybridized carbons (Fsp3) is 0.235. The fourth-order valence-electron chi connectivity index (χ4n) is 2.97. The van der Waals surface area contributed by atoms with Gasteiger partial charge in [0.25, 0.3) is 11.6 Å². The first-order valence-electron chi connectivity index (χ1n) is 7.54. The third kappa shape index (κ3) is 3.05. The van der Waals surface area contributed by atoms with E-state index in [-0.39, 0.29) is 34.6 Å². The van der Waals surface area contributed by atoms with Crippen molar-refractivity contribution in [3.05, 3.63) is 69.5 Å². The summed E-state index contributed by atoms with van der Waals surface area (Å²) in [5.74, 6) is -0.496. The zero-order chi connectivity index (χ0) is 17.3. The number of likely N-dealkylation sites (tertiary alicyclic amines) is 1. The molecular weight excluding hydrogens is 313 g/mol. The third-order valence-electron chi connectivity index (χ3n) is 4.29. The molecule has 124 valence electrons. The maximum absolute atomic E-state index is 13.0. The second-order valence-electron chi connectivity index (χ2n) is 5.82. The molecule has 0 unspecified atom stereocenters. The van der Waals surface area contributed by atoms with Gasteiger partial charge in [0.2, 0.25) is 0 Å². The van der Waals surface area contributed by atoms with E-state index >= 15 is 0 Å². The van der Waals surface area contributed by atoms with Crippen LogP contribution in [0.3, 0.4) is 0 Å². The standard InChI is InChI=1S/C17H16FN3O3/c18-13-3-1-11(2-4-13)12-7-8-20(10-12)17(22)15-9-14(21(23)24)5-6-16(15)19/h1-6,9,12H,7-8,10,19H2/t12-/m0/s1. The number of anilines is 1. The highest BCUT2D eigenvalue weighted by Crippen LogP contribution is 2.30. The van der Waals surface area contributed by atoms with E-state index in [9.17, 15) is 19.3 Å². The van der Waals surface area contributed by atoms with Crippen LogP contribution in [0.25, 0.3) is 0 Å². The van der Waals surface area contributed by atoms with E-state index < -0.39 is 4.92 Å². The van der Waals surface area contributed by atoms with Crippen LogP contribution in [0.15, 0.2) is 42.5 Å². The van der Waals surface area contributed by atoms with Gasteiger partial charge in [-0.2, -0.15) is 0 Å². The Labute approximate surface area is 137 Å². The molecule has 1 aliphatic rings. The van der Waals surface area contributed by atoms with Gasteiger partial charge in [0.1, 0.15) is 5.82 Å². The molecule has 0 bridgehead atoms. The summed E-state index contributed by atoms with van der Waals surface area (Å²) in [5.41, 5.74) is 6.98. The first-order valence-corrected chi connectivity index (χ1v) is 7.54. The number of carbonyl (C=O) groups is 1. The molecule has 24 heavy (non-hydrogen) atoms. The van der Waals surface area contributed by atoms with Crippen LogP contribution < -0.4 is 5.73 Å². The van der Waals surface area contributed by atoms with Gasteiger partial charge in [0.15, 0.2) is 0 Å². The smallest absolute Gasteiger partial charge is 0.270 e. The molecule has 1 amide bonds. The van der Waals surface area contributed by atoms with Crippen molar-refractivity contribution in [1.82, 2.24) is 4.90 Å². The van der Waals surface area contributed by atoms with Crippen LogP contribution in [0.5, 0.6) is 0 Å². The lowest BCUT2D eigenvalue weighted by Crippen LogP contribution is -2.29. The summed E-state index contributed by atoms with van der Waals surface area (Å²) < 4.78 is 13.0. The highest BCUT2D eigenvalue weighted by Gasteiger charge is 2.29. The quantitative estimate of drug-likeness (QED) is 0.532. The SMILES string of the molecule is Nc1ccc([N+](=O)[O-])cc1C(=O)N1CC[C@H](c2ccc(F)cc2)C1. The van der Waals surface area contributed by atoms with Gasteiger partial charge in [-0.05, 0) is 30.2 Å². The zero-order valence-electron chi connectivity index (χ0n) is 12.8. The van der Waals surface area contributed by atoms with E-state index in [0.717, 1.165) is 12.0 Å². The minimum absolute atomic E-state index is 0.120. The lowest BCUT2D eigenvalue weighted by atomic mass is 9.98. The maximum Gasteiger partial charge on any atom is 0.270 e. The molecule has 2 aromatic rings. The van der Waals surface area contributed by atoms with E-state index in [0.29, 0.717) is 13.1 Å². The predicted octanol–water partition coefficient (Wildman–Crippen LogP) is 2.95. The number of hydrogen-bond acceptors (Lipinski definition) is 4. The highest BCUT2D eigenvalue weighted by atomic mass is 19.1. The largest absolute Gasteiger partial charge is 0.398 e. The molecule has 1 heterocycles. The number of carbonyl (C=O) groups excluding carboxylic acids is 1. The number of non-ortho nitro benzene ring substituents is 1. The Bertz CT molecular complexity index is 792. The Hall–Kier alpha value is -2.96. The molecule has 1 aliphatic heterocycles. The van der Waals surface area contributed by atoms with Gasteiger partial charge in [-0.1, -0.05) is 12.1 Å². The molecule has 1 saturated heterocycles. The van der Waals surface area contributed by atoms with Crippen molar-refractivity contribution in [1.29, 1.82) is 0 Å². The monoisotopic (exact) mass is 329 g/mol. The zero-order valence-corrected chi connectivity index (χ0v) is 12.8. The molecule has 0 saturated carbocycles. The van der Waals surface area contributed by atoms with Gasteiger partial charge in [-0.25, -0.2) is 4.39 Å². The molecule has 2 N–H and O–H groups in total. The molecule has 0 aliphatic carbocycles. The number of hydrogen-bond donors (Lipinski definition) is 1. The summed E-state index contributed by atoms with van der Waals surface area (Å²) in [6, 6.07) is 10.1. The first-order chi connectivity index (χ1) is 11.5. The van der Waals surface area contributed by atoms with Crippen molar-refractivity contribution in [3.8, 4) is 0 Å². The normalized spacial score (nSPS) is 17.0. The van der Waals surface area contributed by atoms with Crippen molar-refractivity contribution in [3.63, 3.8) is 0 Å². The van der Waals surface area contributed by atoms with Crippen molar-refractivity contribution in [2.75, 3.05) is 18.8 Å². The van der Waals surface area contributed by atoms with Crippen LogP contribution in [-0.2, 0) is 0 Å². The number of benzene rings is 2. The molecule has 0 radical (unpaired) electrons. The summed E-state index contributed by atoms with van der Waals surface area (Å²) in [4.78, 5) is 24.6. The average Bonchev–Trinajstić information content (AvgIpc) is 3.05. The summed E-state index contributed by atoms with van der Waals surface area (Å²) in [7, 11) is 0. The Morgan fingerprint density at radius 3 is 2.62 bits per heavy atom. The third-order valence-corrected chi connectivity index (χ3v) is 4.29. The van der Waals surface area contributed by atoms with Crippen LogP contribution in [0.4, 0.5) is 15.8 Å². The highest BCUT2D eigenvalue weighted by molar-refractivity contribution is 6.00. The van der Waals surface area contributed by atoms with Crippen LogP contribution in [0.2, 0.25) is 0 Å². The second-order valence-corrected chi connectivity index (χ2v) is 5.82. The molecule has 1 atom stereocenters. The molecule has 6 nitrogen and oxygen atoms in total. The number of nitro groups is 1.